The van der Waals surface area contributed by atoms with E-state index in [1.54, 1.807) is 41.5 Å². The highest BCUT2D eigenvalue weighted by Crippen LogP contribution is 2.44. The van der Waals surface area contributed by atoms with Gasteiger partial charge in [0, 0.05) is 25.4 Å². The summed E-state index contributed by atoms with van der Waals surface area (Å²) in [5.74, 6) is -1.15. The number of urea groups is 1. The zero-order valence-electron chi connectivity index (χ0n) is 31.7. The lowest BCUT2D eigenvalue weighted by Gasteiger charge is -2.25. The van der Waals surface area contributed by atoms with Crippen LogP contribution in [0.1, 0.15) is 116 Å². The van der Waals surface area contributed by atoms with Gasteiger partial charge in [0.25, 0.3) is 0 Å². The molecule has 286 valence electrons. The number of esters is 2. The normalized spacial score (nSPS) is 12.9. The second-order valence-electron chi connectivity index (χ2n) is 15.1. The van der Waals surface area contributed by atoms with E-state index in [1.165, 1.54) is 22.3 Å². The van der Waals surface area contributed by atoms with Gasteiger partial charge < -0.3 is 35.5 Å². The molecule has 12 heteroatoms. The molecule has 0 spiro atoms. The number of amides is 4. The number of nitrogens with one attached hydrogen (secondary N) is 4. The Morgan fingerprint density at radius 1 is 0.673 bits per heavy atom. The van der Waals surface area contributed by atoms with Gasteiger partial charge in [-0.2, -0.15) is 0 Å². The first-order chi connectivity index (χ1) is 24.6. The maximum absolute atomic E-state index is 12.7. The number of alkyl carbamates (subject to hydrolysis) is 1. The molecule has 1 unspecified atom stereocenters. The Hall–Kier alpha value is -4.61. The highest BCUT2D eigenvalue weighted by atomic mass is 16.6. The molecule has 0 radical (unpaired) electrons. The third-order valence-corrected chi connectivity index (χ3v) is 8.25. The maximum Gasteiger partial charge on any atom is 0.407 e. The molecule has 0 aliphatic heterocycles. The molecular weight excluding hydrogens is 664 g/mol. The minimum Gasteiger partial charge on any atom is -0.459 e. The molecule has 12 nitrogen and oxygen atoms in total. The highest BCUT2D eigenvalue weighted by molar-refractivity contribution is 5.86. The van der Waals surface area contributed by atoms with Crippen molar-refractivity contribution in [2.75, 3.05) is 26.2 Å². The molecule has 2 aromatic carbocycles. The van der Waals surface area contributed by atoms with Gasteiger partial charge in [-0.15, -0.1) is 0 Å². The largest absolute Gasteiger partial charge is 0.459 e. The minimum atomic E-state index is -0.914. The molecule has 1 aliphatic carbocycles. The van der Waals surface area contributed by atoms with Gasteiger partial charge in [-0.25, -0.2) is 14.4 Å². The van der Waals surface area contributed by atoms with Crippen LogP contribution in [0.15, 0.2) is 48.5 Å². The van der Waals surface area contributed by atoms with Crippen molar-refractivity contribution in [3.63, 3.8) is 0 Å². The lowest BCUT2D eigenvalue weighted by atomic mass is 9.98. The van der Waals surface area contributed by atoms with Crippen LogP contribution in [0.4, 0.5) is 9.59 Å². The van der Waals surface area contributed by atoms with Crippen LogP contribution < -0.4 is 21.3 Å². The monoisotopic (exact) mass is 722 g/mol. The Bertz CT molecular complexity index is 1450. The molecule has 3 rings (SSSR count). The summed E-state index contributed by atoms with van der Waals surface area (Å²) < 4.78 is 16.2. The average Bonchev–Trinajstić information content (AvgIpc) is 3.38. The van der Waals surface area contributed by atoms with E-state index in [9.17, 15) is 24.0 Å². The molecule has 0 fully saturated rings. The average molecular weight is 723 g/mol. The molecule has 2 aromatic rings. The standard InChI is InChI=1S/C40H58N4O8/c1-39(2,3)51-35(46)26-43-37(48)44-33(36(47)52-40(4,5)6)22-15-17-24-41-34(45)23-10-8-7-9-16-25-42-38(49)50-27-32-30-20-13-11-18-28(30)29-19-12-14-21-31(29)32/h11-14,18-21,32-33H,7-10,15-17,22-27H2,1-6H3,(H,41,45)(H,42,49)(H2,43,44,48). The fraction of sp³-hybridized carbons (Fsp3) is 0.575. The van der Waals surface area contributed by atoms with Gasteiger partial charge in [0.15, 0.2) is 0 Å². The Balaban J connectivity index is 1.22. The second kappa shape index (κ2) is 20.4. The van der Waals surface area contributed by atoms with Crippen molar-refractivity contribution in [3.8, 4) is 11.1 Å². The maximum atomic E-state index is 12.7. The first kappa shape index (κ1) is 41.8. The molecule has 0 saturated carbocycles. The van der Waals surface area contributed by atoms with Gasteiger partial charge in [-0.3, -0.25) is 9.59 Å². The molecular formula is C40H58N4O8. The fourth-order valence-corrected chi connectivity index (χ4v) is 5.93. The van der Waals surface area contributed by atoms with Crippen molar-refractivity contribution < 1.29 is 38.2 Å². The summed E-state index contributed by atoms with van der Waals surface area (Å²) in [6.07, 6.45) is 5.92. The number of fused-ring (bicyclic) bond motifs is 3. The van der Waals surface area contributed by atoms with Gasteiger partial charge >= 0.3 is 24.1 Å². The molecule has 4 amide bonds. The molecule has 52 heavy (non-hydrogen) atoms. The molecule has 0 saturated heterocycles. The lowest BCUT2D eigenvalue weighted by molar-refractivity contribution is -0.157. The zero-order chi connectivity index (χ0) is 38.1. The first-order valence-corrected chi connectivity index (χ1v) is 18.5. The number of carbonyl (C=O) groups is 5. The van der Waals surface area contributed by atoms with E-state index in [2.05, 4.69) is 45.5 Å². The Kier molecular flexibility index (Phi) is 16.4. The van der Waals surface area contributed by atoms with Crippen LogP contribution in [0.25, 0.3) is 11.1 Å². The van der Waals surface area contributed by atoms with E-state index in [1.807, 2.05) is 24.3 Å². The van der Waals surface area contributed by atoms with Gasteiger partial charge in [-0.1, -0.05) is 67.8 Å². The number of hydrogen-bond acceptors (Lipinski definition) is 8. The molecule has 1 aliphatic rings. The molecule has 0 bridgehead atoms. The fourth-order valence-electron chi connectivity index (χ4n) is 5.93. The Morgan fingerprint density at radius 2 is 1.23 bits per heavy atom. The van der Waals surface area contributed by atoms with E-state index in [4.69, 9.17) is 14.2 Å². The number of hydrogen-bond donors (Lipinski definition) is 4. The summed E-state index contributed by atoms with van der Waals surface area (Å²) in [5, 5.41) is 10.8. The SMILES string of the molecule is CC(C)(C)OC(=O)CNC(=O)NC(CCCCNC(=O)CCCCCCCNC(=O)OCC1c2ccccc2-c2ccccc21)C(=O)OC(C)(C)C. The van der Waals surface area contributed by atoms with Gasteiger partial charge in [0.05, 0.1) is 0 Å². The van der Waals surface area contributed by atoms with Crippen molar-refractivity contribution in [2.45, 2.75) is 122 Å². The molecule has 0 aromatic heterocycles. The summed E-state index contributed by atoms with van der Waals surface area (Å²) >= 11 is 0. The zero-order valence-corrected chi connectivity index (χ0v) is 31.7. The van der Waals surface area contributed by atoms with E-state index >= 15 is 0 Å². The topological polar surface area (TPSA) is 161 Å². The number of carbonyl (C=O) groups excluding carboxylic acids is 5. The lowest BCUT2D eigenvalue weighted by Crippen LogP contribution is -2.49. The number of unbranched alkanes of at least 4 members (excludes halogenated alkanes) is 5. The molecule has 1 atom stereocenters. The predicted molar refractivity (Wildman–Crippen MR) is 200 cm³/mol. The number of benzene rings is 2. The first-order valence-electron chi connectivity index (χ1n) is 18.5. The van der Waals surface area contributed by atoms with Crippen LogP contribution >= 0.6 is 0 Å². The van der Waals surface area contributed by atoms with E-state index in [0.717, 1.165) is 32.1 Å². The van der Waals surface area contributed by atoms with Crippen LogP contribution in [0.2, 0.25) is 0 Å². The van der Waals surface area contributed by atoms with Crippen LogP contribution in [0.5, 0.6) is 0 Å². The Morgan fingerprint density at radius 3 is 1.87 bits per heavy atom. The van der Waals surface area contributed by atoms with Crippen molar-refractivity contribution in [2.24, 2.45) is 0 Å². The quantitative estimate of drug-likeness (QED) is 0.0726. The van der Waals surface area contributed by atoms with Gasteiger partial charge in [0.1, 0.15) is 30.4 Å². The van der Waals surface area contributed by atoms with Gasteiger partial charge in [-0.05, 0) is 95.9 Å². The Labute approximate surface area is 308 Å². The summed E-state index contributed by atoms with van der Waals surface area (Å²) in [4.78, 5) is 61.8. The number of ether oxygens (including phenoxy) is 3. The van der Waals surface area contributed by atoms with Crippen molar-refractivity contribution in [3.05, 3.63) is 59.7 Å². The summed E-state index contributed by atoms with van der Waals surface area (Å²) in [6, 6.07) is 14.9. The van der Waals surface area contributed by atoms with Crippen LogP contribution in [-0.2, 0) is 28.6 Å². The molecule has 4 N–H and O–H groups in total. The summed E-state index contributed by atoms with van der Waals surface area (Å²) in [6.45, 7) is 11.4. The molecule has 0 heterocycles. The van der Waals surface area contributed by atoms with E-state index in [-0.39, 0.29) is 18.4 Å². The van der Waals surface area contributed by atoms with Crippen molar-refractivity contribution in [1.82, 2.24) is 21.3 Å². The highest BCUT2D eigenvalue weighted by Gasteiger charge is 2.29. The van der Waals surface area contributed by atoms with Crippen molar-refractivity contribution in [1.29, 1.82) is 0 Å². The van der Waals surface area contributed by atoms with Gasteiger partial charge in [0.2, 0.25) is 5.91 Å². The third-order valence-electron chi connectivity index (χ3n) is 8.25. The minimum absolute atomic E-state index is 0.0275. The van der Waals surface area contributed by atoms with Crippen LogP contribution in [0, 0.1) is 0 Å². The summed E-state index contributed by atoms with van der Waals surface area (Å²) in [7, 11) is 0. The number of rotatable bonds is 19. The third kappa shape index (κ3) is 15.3. The van der Waals surface area contributed by atoms with Crippen LogP contribution in [0.3, 0.4) is 0 Å². The van der Waals surface area contributed by atoms with Crippen molar-refractivity contribution >= 4 is 30.0 Å². The van der Waals surface area contributed by atoms with Crippen LogP contribution in [-0.4, -0.2) is 73.5 Å². The summed E-state index contributed by atoms with van der Waals surface area (Å²) in [5.41, 5.74) is 3.35. The van der Waals surface area contributed by atoms with E-state index in [0.29, 0.717) is 45.4 Å². The van der Waals surface area contributed by atoms with E-state index < -0.39 is 41.3 Å². The smallest absolute Gasteiger partial charge is 0.407 e. The second-order valence-corrected chi connectivity index (χ2v) is 15.1. The predicted octanol–water partition coefficient (Wildman–Crippen LogP) is 6.50.